The summed E-state index contributed by atoms with van der Waals surface area (Å²) in [5, 5.41) is 6.04. The molecule has 0 aliphatic rings. The maximum Gasteiger partial charge on any atom is 0.259 e. The van der Waals surface area contributed by atoms with Gasteiger partial charge in [0.15, 0.2) is 5.13 Å². The fourth-order valence-electron chi connectivity index (χ4n) is 2.30. The van der Waals surface area contributed by atoms with E-state index in [1.54, 1.807) is 61.8 Å². The largest absolute Gasteiger partial charge is 0.497 e. The summed E-state index contributed by atoms with van der Waals surface area (Å²) in [7, 11) is 1.56. The molecule has 7 heteroatoms. The molecule has 2 N–H and O–H groups in total. The van der Waals surface area contributed by atoms with Crippen molar-refractivity contribution in [1.29, 1.82) is 0 Å². The Bertz CT molecular complexity index is 935. The van der Waals surface area contributed by atoms with Crippen molar-refractivity contribution >= 4 is 34.0 Å². The molecule has 0 saturated heterocycles. The Labute approximate surface area is 154 Å². The fourth-order valence-corrected chi connectivity index (χ4v) is 2.96. The molecular weight excluding hydrogens is 350 g/mol. The van der Waals surface area contributed by atoms with Gasteiger partial charge in [0.2, 0.25) is 0 Å². The van der Waals surface area contributed by atoms with Gasteiger partial charge in [0.1, 0.15) is 5.75 Å². The molecule has 0 saturated carbocycles. The van der Waals surface area contributed by atoms with E-state index in [4.69, 9.17) is 4.74 Å². The van der Waals surface area contributed by atoms with Crippen LogP contribution >= 0.6 is 11.3 Å². The number of anilines is 2. The molecule has 1 heterocycles. The zero-order valence-electron chi connectivity index (χ0n) is 14.3. The summed E-state index contributed by atoms with van der Waals surface area (Å²) < 4.78 is 5.09. The minimum Gasteiger partial charge on any atom is -0.497 e. The van der Waals surface area contributed by atoms with E-state index in [1.807, 2.05) is 6.92 Å². The number of aromatic nitrogens is 1. The van der Waals surface area contributed by atoms with Crippen LogP contribution in [-0.4, -0.2) is 23.9 Å². The van der Waals surface area contributed by atoms with Crippen molar-refractivity contribution in [2.24, 2.45) is 0 Å². The average Bonchev–Trinajstić information content (AvgIpc) is 3.06. The van der Waals surface area contributed by atoms with Crippen LogP contribution in [-0.2, 0) is 0 Å². The predicted molar refractivity (Wildman–Crippen MR) is 102 cm³/mol. The second-order valence-electron chi connectivity index (χ2n) is 5.46. The van der Waals surface area contributed by atoms with Crippen LogP contribution in [0.15, 0.2) is 54.7 Å². The summed E-state index contributed by atoms with van der Waals surface area (Å²) in [5.74, 6) is 0.0306. The van der Waals surface area contributed by atoms with Crippen LogP contribution in [0.4, 0.5) is 10.8 Å². The highest BCUT2D eigenvalue weighted by Gasteiger charge is 2.15. The van der Waals surface area contributed by atoms with Gasteiger partial charge in [-0.25, -0.2) is 4.98 Å². The van der Waals surface area contributed by atoms with E-state index in [0.29, 0.717) is 27.7 Å². The third kappa shape index (κ3) is 4.07. The lowest BCUT2D eigenvalue weighted by Crippen LogP contribution is -2.18. The van der Waals surface area contributed by atoms with E-state index in [1.165, 1.54) is 11.3 Å². The summed E-state index contributed by atoms with van der Waals surface area (Å²) in [4.78, 5) is 30.1. The van der Waals surface area contributed by atoms with E-state index in [-0.39, 0.29) is 11.8 Å². The summed E-state index contributed by atoms with van der Waals surface area (Å²) in [6.45, 7) is 1.91. The Balaban J connectivity index is 1.77. The Morgan fingerprint density at radius 1 is 1.00 bits per heavy atom. The van der Waals surface area contributed by atoms with Crippen LogP contribution < -0.4 is 15.4 Å². The number of nitrogens with zero attached hydrogens (tertiary/aromatic N) is 1. The molecule has 0 spiro atoms. The van der Waals surface area contributed by atoms with Gasteiger partial charge in [-0.05, 0) is 43.3 Å². The minimum absolute atomic E-state index is 0.307. The van der Waals surface area contributed by atoms with E-state index in [9.17, 15) is 9.59 Å². The molecule has 3 aromatic rings. The number of hydrogen-bond acceptors (Lipinski definition) is 5. The number of carbonyl (C=O) groups excluding carboxylic acids is 2. The number of aryl methyl sites for hydroxylation is 1. The molecule has 0 aliphatic heterocycles. The molecule has 0 unspecified atom stereocenters. The maximum atomic E-state index is 12.5. The van der Waals surface area contributed by atoms with Crippen molar-refractivity contribution in [3.05, 3.63) is 70.7 Å². The first-order valence-corrected chi connectivity index (χ1v) is 8.66. The molecule has 26 heavy (non-hydrogen) atoms. The van der Waals surface area contributed by atoms with Crippen LogP contribution in [0.25, 0.3) is 0 Å². The smallest absolute Gasteiger partial charge is 0.259 e. The standard InChI is InChI=1S/C19H17N3O3S/c1-12-11-20-19(26-12)22-18(24)15-5-3-4-6-16(15)21-17(23)13-7-9-14(25-2)10-8-13/h3-11H,1-2H3,(H,21,23)(H,20,22,24). The van der Waals surface area contributed by atoms with Gasteiger partial charge in [0.05, 0.1) is 18.4 Å². The molecule has 0 fully saturated rings. The van der Waals surface area contributed by atoms with Crippen molar-refractivity contribution in [2.45, 2.75) is 6.92 Å². The van der Waals surface area contributed by atoms with Crippen LogP contribution in [0, 0.1) is 6.92 Å². The molecule has 1 aromatic heterocycles. The monoisotopic (exact) mass is 367 g/mol. The van der Waals surface area contributed by atoms with Gasteiger partial charge < -0.3 is 10.1 Å². The Morgan fingerprint density at radius 2 is 1.73 bits per heavy atom. The number of carbonyl (C=O) groups is 2. The summed E-state index contributed by atoms with van der Waals surface area (Å²) in [6, 6.07) is 13.6. The van der Waals surface area contributed by atoms with Gasteiger partial charge in [0, 0.05) is 16.6 Å². The topological polar surface area (TPSA) is 80.3 Å². The number of benzene rings is 2. The van der Waals surface area contributed by atoms with E-state index >= 15 is 0 Å². The summed E-state index contributed by atoms with van der Waals surface area (Å²) >= 11 is 1.39. The van der Waals surface area contributed by atoms with Crippen molar-refractivity contribution in [2.75, 3.05) is 17.7 Å². The Morgan fingerprint density at radius 3 is 2.38 bits per heavy atom. The number of ether oxygens (including phenoxy) is 1. The van der Waals surface area contributed by atoms with Crippen LogP contribution in [0.5, 0.6) is 5.75 Å². The SMILES string of the molecule is COc1ccc(C(=O)Nc2ccccc2C(=O)Nc2ncc(C)s2)cc1. The number of methoxy groups -OCH3 is 1. The molecule has 6 nitrogen and oxygen atoms in total. The normalized spacial score (nSPS) is 10.2. The van der Waals surface area contributed by atoms with Gasteiger partial charge in [-0.15, -0.1) is 11.3 Å². The molecule has 0 radical (unpaired) electrons. The number of para-hydroxylation sites is 1. The van der Waals surface area contributed by atoms with Crippen LogP contribution in [0.1, 0.15) is 25.6 Å². The van der Waals surface area contributed by atoms with Crippen LogP contribution in [0.2, 0.25) is 0 Å². The highest BCUT2D eigenvalue weighted by atomic mass is 32.1. The zero-order chi connectivity index (χ0) is 18.5. The van der Waals surface area contributed by atoms with E-state index in [2.05, 4.69) is 15.6 Å². The molecule has 3 rings (SSSR count). The fraction of sp³-hybridized carbons (Fsp3) is 0.105. The second-order valence-corrected chi connectivity index (χ2v) is 6.69. The molecule has 2 amide bonds. The number of rotatable bonds is 5. The average molecular weight is 367 g/mol. The third-order valence-electron chi connectivity index (χ3n) is 3.61. The summed E-state index contributed by atoms with van der Waals surface area (Å²) in [5.41, 5.74) is 1.26. The lowest BCUT2D eigenvalue weighted by molar-refractivity contribution is 0.102. The maximum absolute atomic E-state index is 12.5. The van der Waals surface area contributed by atoms with E-state index < -0.39 is 0 Å². The van der Waals surface area contributed by atoms with Gasteiger partial charge >= 0.3 is 0 Å². The zero-order valence-corrected chi connectivity index (χ0v) is 15.1. The first kappa shape index (κ1) is 17.6. The molecule has 132 valence electrons. The summed E-state index contributed by atoms with van der Waals surface area (Å²) in [6.07, 6.45) is 1.69. The Hall–Kier alpha value is -3.19. The number of amides is 2. The quantitative estimate of drug-likeness (QED) is 0.715. The van der Waals surface area contributed by atoms with Crippen LogP contribution in [0.3, 0.4) is 0 Å². The molecule has 0 atom stereocenters. The minimum atomic E-state index is -0.329. The van der Waals surface area contributed by atoms with Crippen molar-refractivity contribution < 1.29 is 14.3 Å². The van der Waals surface area contributed by atoms with Gasteiger partial charge in [0.25, 0.3) is 11.8 Å². The van der Waals surface area contributed by atoms with Gasteiger partial charge in [-0.2, -0.15) is 0 Å². The highest BCUT2D eigenvalue weighted by Crippen LogP contribution is 2.21. The number of thiazole rings is 1. The first-order valence-electron chi connectivity index (χ1n) is 7.85. The predicted octanol–water partition coefficient (Wildman–Crippen LogP) is 3.96. The van der Waals surface area contributed by atoms with E-state index in [0.717, 1.165) is 4.88 Å². The van der Waals surface area contributed by atoms with Crippen molar-refractivity contribution in [3.8, 4) is 5.75 Å². The Kier molecular flexibility index (Phi) is 5.28. The number of nitrogens with one attached hydrogen (secondary N) is 2. The lowest BCUT2D eigenvalue weighted by atomic mass is 10.1. The molecule has 0 bridgehead atoms. The van der Waals surface area contributed by atoms with Crippen molar-refractivity contribution in [1.82, 2.24) is 4.98 Å². The first-order chi connectivity index (χ1) is 12.6. The molecular formula is C19H17N3O3S. The second kappa shape index (κ2) is 7.79. The highest BCUT2D eigenvalue weighted by molar-refractivity contribution is 7.15. The lowest BCUT2D eigenvalue weighted by Gasteiger charge is -2.11. The molecule has 2 aromatic carbocycles. The third-order valence-corrected chi connectivity index (χ3v) is 4.44. The number of hydrogen-bond donors (Lipinski definition) is 2. The van der Waals surface area contributed by atoms with Gasteiger partial charge in [-0.3, -0.25) is 14.9 Å². The van der Waals surface area contributed by atoms with Crippen molar-refractivity contribution in [3.63, 3.8) is 0 Å². The van der Waals surface area contributed by atoms with Gasteiger partial charge in [-0.1, -0.05) is 12.1 Å². The molecule has 0 aliphatic carbocycles.